The number of ether oxygens (including phenoxy) is 3. The summed E-state index contributed by atoms with van der Waals surface area (Å²) in [7, 11) is 4.66. The smallest absolute Gasteiger partial charge is 0.263 e. The Labute approximate surface area is 170 Å². The van der Waals surface area contributed by atoms with Crippen molar-refractivity contribution in [3.63, 3.8) is 0 Å². The van der Waals surface area contributed by atoms with Crippen LogP contribution in [-0.2, 0) is 4.79 Å². The van der Waals surface area contributed by atoms with Crippen LogP contribution in [-0.4, -0.2) is 27.2 Å². The van der Waals surface area contributed by atoms with Crippen LogP contribution >= 0.6 is 0 Å². The van der Waals surface area contributed by atoms with Gasteiger partial charge in [0.25, 0.3) is 5.91 Å². The Hall–Kier alpha value is -3.66. The van der Waals surface area contributed by atoms with Crippen LogP contribution in [0.5, 0.6) is 17.2 Å². The molecule has 7 heteroatoms. The van der Waals surface area contributed by atoms with Gasteiger partial charge in [-0.25, -0.2) is 0 Å². The number of hydrogen-bond acceptors (Lipinski definition) is 6. The van der Waals surface area contributed by atoms with Crippen LogP contribution in [0.25, 0.3) is 0 Å². The number of nitrogens with zero attached hydrogens (tertiary/aromatic N) is 1. The first kappa shape index (κ1) is 21.6. The van der Waals surface area contributed by atoms with Crippen molar-refractivity contribution in [1.82, 2.24) is 5.32 Å². The second-order valence-corrected chi connectivity index (χ2v) is 6.33. The van der Waals surface area contributed by atoms with Gasteiger partial charge in [0.05, 0.1) is 33.1 Å². The molecule has 1 unspecified atom stereocenters. The average Bonchev–Trinajstić information content (AvgIpc) is 2.73. The van der Waals surface area contributed by atoms with E-state index in [9.17, 15) is 10.1 Å². The normalized spacial score (nSPS) is 11.8. The monoisotopic (exact) mass is 395 g/mol. The van der Waals surface area contributed by atoms with Crippen molar-refractivity contribution in [2.24, 2.45) is 0 Å². The number of hydrogen-bond donors (Lipinski definition) is 2. The zero-order valence-electron chi connectivity index (χ0n) is 17.2. The van der Waals surface area contributed by atoms with Crippen molar-refractivity contribution in [3.05, 3.63) is 59.3 Å². The van der Waals surface area contributed by atoms with Crippen molar-refractivity contribution in [2.45, 2.75) is 19.9 Å². The molecule has 2 aromatic carbocycles. The molecule has 0 radical (unpaired) electrons. The zero-order chi connectivity index (χ0) is 21.4. The summed E-state index contributed by atoms with van der Waals surface area (Å²) < 4.78 is 15.8. The van der Waals surface area contributed by atoms with Gasteiger partial charge in [-0.15, -0.1) is 0 Å². The molecule has 0 saturated carbocycles. The van der Waals surface area contributed by atoms with Gasteiger partial charge in [-0.2, -0.15) is 5.26 Å². The Morgan fingerprint density at radius 2 is 1.69 bits per heavy atom. The molecule has 0 aliphatic carbocycles. The molecule has 2 rings (SSSR count). The number of carbonyl (C=O) groups excluding carboxylic acids is 1. The van der Waals surface area contributed by atoms with Crippen LogP contribution in [0, 0.1) is 18.3 Å². The van der Waals surface area contributed by atoms with Gasteiger partial charge < -0.3 is 24.8 Å². The van der Waals surface area contributed by atoms with Crippen molar-refractivity contribution >= 4 is 11.6 Å². The maximum Gasteiger partial charge on any atom is 0.263 e. The van der Waals surface area contributed by atoms with Gasteiger partial charge >= 0.3 is 0 Å². The number of benzene rings is 2. The lowest BCUT2D eigenvalue weighted by Gasteiger charge is -2.16. The van der Waals surface area contributed by atoms with Gasteiger partial charge in [-0.1, -0.05) is 12.1 Å². The third-order valence-electron chi connectivity index (χ3n) is 4.35. The fourth-order valence-electron chi connectivity index (χ4n) is 2.71. The molecule has 0 aliphatic rings. The predicted molar refractivity (Wildman–Crippen MR) is 111 cm³/mol. The molecule has 2 N–H and O–H groups in total. The summed E-state index contributed by atoms with van der Waals surface area (Å²) >= 11 is 0. The van der Waals surface area contributed by atoms with Gasteiger partial charge in [0.15, 0.2) is 11.5 Å². The first-order valence-electron chi connectivity index (χ1n) is 8.97. The fourth-order valence-corrected chi connectivity index (χ4v) is 2.71. The molecule has 2 aromatic rings. The molecule has 29 heavy (non-hydrogen) atoms. The van der Waals surface area contributed by atoms with E-state index in [-0.39, 0.29) is 11.6 Å². The van der Waals surface area contributed by atoms with Crippen molar-refractivity contribution < 1.29 is 19.0 Å². The highest BCUT2D eigenvalue weighted by atomic mass is 16.5. The largest absolute Gasteiger partial charge is 0.495 e. The van der Waals surface area contributed by atoms with Gasteiger partial charge in [0, 0.05) is 6.20 Å². The minimum Gasteiger partial charge on any atom is -0.495 e. The first-order valence-corrected chi connectivity index (χ1v) is 8.97. The van der Waals surface area contributed by atoms with Crippen LogP contribution < -0.4 is 24.8 Å². The summed E-state index contributed by atoms with van der Waals surface area (Å²) in [6.07, 6.45) is 1.37. The number of carbonyl (C=O) groups is 1. The van der Waals surface area contributed by atoms with Gasteiger partial charge in [-0.3, -0.25) is 4.79 Å². The third kappa shape index (κ3) is 5.42. The molecule has 0 fully saturated rings. The summed E-state index contributed by atoms with van der Waals surface area (Å²) in [4.78, 5) is 12.5. The minimum absolute atomic E-state index is 0.0547. The lowest BCUT2D eigenvalue weighted by Crippen LogP contribution is -2.28. The summed E-state index contributed by atoms with van der Waals surface area (Å²) in [6.45, 7) is 3.77. The van der Waals surface area contributed by atoms with Crippen LogP contribution in [0.1, 0.15) is 24.1 Å². The molecule has 1 atom stereocenters. The van der Waals surface area contributed by atoms with Gasteiger partial charge in [0.2, 0.25) is 0 Å². The Morgan fingerprint density at radius 3 is 2.31 bits per heavy atom. The fraction of sp³-hybridized carbons (Fsp3) is 0.273. The van der Waals surface area contributed by atoms with Crippen LogP contribution in [0.3, 0.4) is 0 Å². The van der Waals surface area contributed by atoms with Crippen molar-refractivity contribution in [2.75, 3.05) is 26.6 Å². The number of methoxy groups -OCH3 is 3. The highest BCUT2D eigenvalue weighted by Gasteiger charge is 2.16. The molecule has 152 valence electrons. The van der Waals surface area contributed by atoms with Crippen LogP contribution in [0.4, 0.5) is 5.69 Å². The van der Waals surface area contributed by atoms with Crippen LogP contribution in [0.15, 0.2) is 48.2 Å². The highest BCUT2D eigenvalue weighted by molar-refractivity contribution is 5.97. The van der Waals surface area contributed by atoms with E-state index in [0.29, 0.717) is 22.9 Å². The van der Waals surface area contributed by atoms with Crippen molar-refractivity contribution in [3.8, 4) is 23.3 Å². The quantitative estimate of drug-likeness (QED) is 0.523. The van der Waals surface area contributed by atoms with Crippen molar-refractivity contribution in [1.29, 1.82) is 5.26 Å². The van der Waals surface area contributed by atoms with E-state index in [1.165, 1.54) is 6.20 Å². The molecule has 0 saturated heterocycles. The molecular weight excluding hydrogens is 370 g/mol. The van der Waals surface area contributed by atoms with E-state index in [4.69, 9.17) is 14.2 Å². The summed E-state index contributed by atoms with van der Waals surface area (Å²) in [5, 5.41) is 15.2. The van der Waals surface area contributed by atoms with E-state index in [1.54, 1.807) is 33.5 Å². The lowest BCUT2D eigenvalue weighted by atomic mass is 10.1. The number of aryl methyl sites for hydroxylation is 1. The molecular formula is C22H25N3O4. The summed E-state index contributed by atoms with van der Waals surface area (Å²) in [5.74, 6) is 1.29. The Kier molecular flexibility index (Phi) is 7.49. The van der Waals surface area contributed by atoms with Gasteiger partial charge in [0.1, 0.15) is 17.4 Å². The average molecular weight is 395 g/mol. The minimum atomic E-state index is -0.492. The summed E-state index contributed by atoms with van der Waals surface area (Å²) in [5.41, 5.74) is 2.45. The summed E-state index contributed by atoms with van der Waals surface area (Å²) in [6, 6.07) is 12.6. The van der Waals surface area contributed by atoms with Gasteiger partial charge in [-0.05, 0) is 49.2 Å². The zero-order valence-corrected chi connectivity index (χ0v) is 17.2. The Morgan fingerprint density at radius 1 is 1.03 bits per heavy atom. The van der Waals surface area contributed by atoms with E-state index < -0.39 is 5.91 Å². The number of anilines is 1. The highest BCUT2D eigenvalue weighted by Crippen LogP contribution is 2.30. The molecule has 1 amide bonds. The molecule has 0 spiro atoms. The second-order valence-electron chi connectivity index (χ2n) is 6.33. The standard InChI is InChI=1S/C22H25N3O4/c1-14-6-8-19(27-3)18(10-14)24-13-17(12-23)22(26)25-15(2)16-7-9-20(28-4)21(11-16)29-5/h6-11,13,15,24H,1-5H3,(H,25,26)/b17-13-. The van der Waals surface area contributed by atoms with Crippen LogP contribution in [0.2, 0.25) is 0 Å². The molecule has 0 aromatic heterocycles. The van der Waals surface area contributed by atoms with E-state index in [1.807, 2.05) is 44.2 Å². The predicted octanol–water partition coefficient (Wildman–Crippen LogP) is 3.72. The topological polar surface area (TPSA) is 92.6 Å². The maximum absolute atomic E-state index is 12.5. The molecule has 7 nitrogen and oxygen atoms in total. The third-order valence-corrected chi connectivity index (χ3v) is 4.35. The molecule has 0 bridgehead atoms. The lowest BCUT2D eigenvalue weighted by molar-refractivity contribution is -0.117. The number of nitriles is 1. The molecule has 0 aliphatic heterocycles. The Balaban J connectivity index is 2.14. The van der Waals surface area contributed by atoms with E-state index in [0.717, 1.165) is 11.1 Å². The first-order chi connectivity index (χ1) is 13.9. The number of nitrogens with one attached hydrogen (secondary N) is 2. The second kappa shape index (κ2) is 10.0. The SMILES string of the molecule is COc1ccc(C)cc1N/C=C(/C#N)C(=O)NC(C)c1ccc(OC)c(OC)c1. The maximum atomic E-state index is 12.5. The number of rotatable bonds is 8. The molecule has 0 heterocycles. The van der Waals surface area contributed by atoms with E-state index in [2.05, 4.69) is 10.6 Å². The van der Waals surface area contributed by atoms with E-state index >= 15 is 0 Å². The number of amides is 1. The Bertz CT molecular complexity index is 948.